The van der Waals surface area contributed by atoms with Gasteiger partial charge >= 0.3 is 0 Å². The molecule has 8 nitrogen and oxygen atoms in total. The minimum absolute atomic E-state index is 0.199. The smallest absolute Gasteiger partial charge is 0.237 e. The van der Waals surface area contributed by atoms with Crippen LogP contribution in [0, 0.1) is 13.8 Å². The van der Waals surface area contributed by atoms with Gasteiger partial charge in [0.2, 0.25) is 11.1 Å². The van der Waals surface area contributed by atoms with Gasteiger partial charge in [-0.2, -0.15) is 4.68 Å². The molecule has 174 valence electrons. The average Bonchev–Trinajstić information content (AvgIpc) is 3.31. The topological polar surface area (TPSA) is 107 Å². The van der Waals surface area contributed by atoms with Gasteiger partial charge in [-0.3, -0.25) is 14.4 Å². The first-order valence-electron chi connectivity index (χ1n) is 11.0. The third kappa shape index (κ3) is 4.15. The Morgan fingerprint density at radius 3 is 2.34 bits per heavy atom. The molecule has 3 aromatic carbocycles. The van der Waals surface area contributed by atoms with Crippen molar-refractivity contribution in [3.63, 3.8) is 0 Å². The van der Waals surface area contributed by atoms with Gasteiger partial charge in [0.25, 0.3) is 0 Å². The molecule has 1 heterocycles. The van der Waals surface area contributed by atoms with E-state index in [1.165, 1.54) is 11.8 Å². The molecule has 4 aromatic rings. The van der Waals surface area contributed by atoms with Gasteiger partial charge in [-0.05, 0) is 66.6 Å². The van der Waals surface area contributed by atoms with Gasteiger partial charge in [-0.15, -0.1) is 5.10 Å². The maximum atomic E-state index is 13.0. The van der Waals surface area contributed by atoms with Crippen LogP contribution in [0.2, 0.25) is 0 Å². The van der Waals surface area contributed by atoms with Gasteiger partial charge in [-0.1, -0.05) is 48.2 Å². The van der Waals surface area contributed by atoms with Gasteiger partial charge in [0.05, 0.1) is 10.9 Å². The van der Waals surface area contributed by atoms with Crippen molar-refractivity contribution in [3.05, 3.63) is 94.0 Å². The van der Waals surface area contributed by atoms with E-state index in [1.54, 1.807) is 54.1 Å². The summed E-state index contributed by atoms with van der Waals surface area (Å²) in [6, 6.07) is 17.5. The third-order valence-corrected chi connectivity index (χ3v) is 6.91. The molecule has 0 bridgehead atoms. The lowest BCUT2D eigenvalue weighted by atomic mass is 9.84. The summed E-state index contributed by atoms with van der Waals surface area (Å²) in [5, 5.41) is 14.8. The largest absolute Gasteiger partial charge is 0.325 e. The minimum atomic E-state index is -0.529. The maximum absolute atomic E-state index is 13.0. The van der Waals surface area contributed by atoms with Gasteiger partial charge in [0.1, 0.15) is 0 Å². The van der Waals surface area contributed by atoms with Crippen molar-refractivity contribution in [2.75, 3.05) is 5.32 Å². The number of fused-ring (bicyclic) bond motifs is 2. The second kappa shape index (κ2) is 8.92. The number of aromatic nitrogens is 4. The van der Waals surface area contributed by atoms with Crippen LogP contribution in [0.5, 0.6) is 0 Å². The number of nitrogens with zero attached hydrogens (tertiary/aromatic N) is 4. The van der Waals surface area contributed by atoms with Crippen LogP contribution >= 0.6 is 11.8 Å². The molecule has 0 saturated heterocycles. The maximum Gasteiger partial charge on any atom is 0.237 e. The molecule has 0 fully saturated rings. The van der Waals surface area contributed by atoms with Crippen LogP contribution < -0.4 is 5.32 Å². The molecule has 0 spiro atoms. The summed E-state index contributed by atoms with van der Waals surface area (Å²) < 4.78 is 1.62. The third-order valence-electron chi connectivity index (χ3n) is 5.88. The molecule has 1 N–H and O–H groups in total. The molecule has 1 atom stereocenters. The lowest BCUT2D eigenvalue weighted by Crippen LogP contribution is -2.24. The van der Waals surface area contributed by atoms with E-state index in [0.717, 1.165) is 16.8 Å². The second-order valence-electron chi connectivity index (χ2n) is 8.38. The summed E-state index contributed by atoms with van der Waals surface area (Å²) in [4.78, 5) is 38.7. The van der Waals surface area contributed by atoms with E-state index in [1.807, 2.05) is 32.0 Å². The van der Waals surface area contributed by atoms with E-state index in [9.17, 15) is 14.4 Å². The number of hydrogen-bond acceptors (Lipinski definition) is 7. The van der Waals surface area contributed by atoms with E-state index in [0.29, 0.717) is 27.5 Å². The van der Waals surface area contributed by atoms with Crippen molar-refractivity contribution >= 4 is 34.9 Å². The first-order valence-corrected chi connectivity index (χ1v) is 11.9. The van der Waals surface area contributed by atoms with Crippen LogP contribution in [-0.2, 0) is 4.79 Å². The Balaban J connectivity index is 1.35. The summed E-state index contributed by atoms with van der Waals surface area (Å²) in [6.07, 6.45) is 0. The fourth-order valence-corrected chi connectivity index (χ4v) is 4.78. The van der Waals surface area contributed by atoms with E-state index < -0.39 is 5.25 Å². The number of rotatable bonds is 5. The summed E-state index contributed by atoms with van der Waals surface area (Å²) >= 11 is 1.23. The highest BCUT2D eigenvalue weighted by Gasteiger charge is 2.30. The molecule has 1 aromatic heterocycles. The zero-order valence-electron chi connectivity index (χ0n) is 19.3. The van der Waals surface area contributed by atoms with Crippen LogP contribution in [-0.4, -0.2) is 42.9 Å². The normalized spacial score (nSPS) is 13.2. The molecule has 5 rings (SSSR count). The van der Waals surface area contributed by atoms with Crippen molar-refractivity contribution < 1.29 is 14.4 Å². The number of amides is 1. The van der Waals surface area contributed by atoms with E-state index in [2.05, 4.69) is 20.8 Å². The lowest BCUT2D eigenvalue weighted by Gasteiger charge is -2.18. The van der Waals surface area contributed by atoms with Crippen molar-refractivity contribution in [1.29, 1.82) is 0 Å². The summed E-state index contributed by atoms with van der Waals surface area (Å²) in [5.41, 5.74) is 4.76. The number of nitrogens with one attached hydrogen (secondary N) is 1. The zero-order valence-corrected chi connectivity index (χ0v) is 20.1. The summed E-state index contributed by atoms with van der Waals surface area (Å²) in [6.45, 7) is 5.72. The molecule has 0 radical (unpaired) electrons. The standard InChI is InChI=1S/C26H21N5O3S/c1-14-8-9-15(2)22(12-14)31-26(28-29-30-31)35-16(3)25(34)27-17-10-11-20-21(13-17)24(33)19-7-5-4-6-18(19)23(20)32/h4-13,16H,1-3H3,(H,27,34). The number of benzene rings is 3. The molecule has 1 unspecified atom stereocenters. The monoisotopic (exact) mass is 483 g/mol. The predicted octanol–water partition coefficient (Wildman–Crippen LogP) is 4.17. The Morgan fingerprint density at radius 1 is 0.914 bits per heavy atom. The Bertz CT molecular complexity index is 1510. The Labute approximate surface area is 205 Å². The van der Waals surface area contributed by atoms with Crippen LogP contribution in [0.15, 0.2) is 65.8 Å². The van der Waals surface area contributed by atoms with Crippen molar-refractivity contribution in [2.45, 2.75) is 31.2 Å². The number of ketones is 2. The average molecular weight is 484 g/mol. The van der Waals surface area contributed by atoms with Gasteiger partial charge < -0.3 is 5.32 Å². The van der Waals surface area contributed by atoms with E-state index in [4.69, 9.17) is 0 Å². The van der Waals surface area contributed by atoms with Crippen molar-refractivity contribution in [1.82, 2.24) is 20.2 Å². The van der Waals surface area contributed by atoms with Crippen LogP contribution in [0.4, 0.5) is 5.69 Å². The highest BCUT2D eigenvalue weighted by atomic mass is 32.2. The molecule has 1 amide bonds. The molecule has 1 aliphatic rings. The number of carbonyl (C=O) groups excluding carboxylic acids is 3. The van der Waals surface area contributed by atoms with Crippen molar-refractivity contribution in [3.8, 4) is 5.69 Å². The number of anilines is 1. The van der Waals surface area contributed by atoms with Gasteiger partial charge in [0, 0.05) is 27.9 Å². The predicted molar refractivity (Wildman–Crippen MR) is 132 cm³/mol. The van der Waals surface area contributed by atoms with E-state index >= 15 is 0 Å². The Kier molecular flexibility index (Phi) is 5.78. The SMILES string of the molecule is Cc1ccc(C)c(-n2nnnc2SC(C)C(=O)Nc2ccc3c(c2)C(=O)c2ccccc2C3=O)c1. The minimum Gasteiger partial charge on any atom is -0.325 e. The first-order chi connectivity index (χ1) is 16.8. The fraction of sp³-hybridized carbons (Fsp3) is 0.154. The number of aryl methyl sites for hydroxylation is 2. The Morgan fingerprint density at radius 2 is 1.60 bits per heavy atom. The molecular formula is C26H21N5O3S. The van der Waals surface area contributed by atoms with Crippen LogP contribution in [0.25, 0.3) is 5.69 Å². The highest BCUT2D eigenvalue weighted by molar-refractivity contribution is 8.00. The van der Waals surface area contributed by atoms with Crippen LogP contribution in [0.3, 0.4) is 0 Å². The molecular weight excluding hydrogens is 462 g/mol. The van der Waals surface area contributed by atoms with E-state index in [-0.39, 0.29) is 23.0 Å². The molecule has 0 aliphatic heterocycles. The van der Waals surface area contributed by atoms with Gasteiger partial charge in [0.15, 0.2) is 11.6 Å². The lowest BCUT2D eigenvalue weighted by molar-refractivity contribution is -0.115. The van der Waals surface area contributed by atoms with Crippen molar-refractivity contribution in [2.24, 2.45) is 0 Å². The quantitative estimate of drug-likeness (QED) is 0.374. The number of thioether (sulfide) groups is 1. The number of carbonyl (C=O) groups is 3. The van der Waals surface area contributed by atoms with Gasteiger partial charge in [-0.25, -0.2) is 0 Å². The molecule has 9 heteroatoms. The summed E-state index contributed by atoms with van der Waals surface area (Å²) in [5.74, 6) is -0.711. The second-order valence-corrected chi connectivity index (χ2v) is 9.68. The highest BCUT2D eigenvalue weighted by Crippen LogP contribution is 2.30. The first kappa shape index (κ1) is 22.7. The van der Waals surface area contributed by atoms with Crippen LogP contribution in [0.1, 0.15) is 49.9 Å². The zero-order chi connectivity index (χ0) is 24.7. The molecule has 0 saturated carbocycles. The Hall–Kier alpha value is -4.11. The fourth-order valence-electron chi connectivity index (χ4n) is 3.98. The number of tetrazole rings is 1. The summed E-state index contributed by atoms with van der Waals surface area (Å²) in [7, 11) is 0. The number of hydrogen-bond donors (Lipinski definition) is 1. The molecule has 35 heavy (non-hydrogen) atoms. The molecule has 1 aliphatic carbocycles.